The third-order valence-corrected chi connectivity index (χ3v) is 3.98. The number of carbonyl (C=O) groups is 1. The van der Waals surface area contributed by atoms with Gasteiger partial charge >= 0.3 is 0 Å². The van der Waals surface area contributed by atoms with Crippen molar-refractivity contribution in [3.63, 3.8) is 0 Å². The maximum atomic E-state index is 13.4. The standard InChI is InChI=1S/C17H13FN2O/c18-11-6-7-15-14(10-11)13-8-9-20(17(21)16(13)19-15)12-4-2-1-3-5-12/h1-7,10,19H,8-9H2. The van der Waals surface area contributed by atoms with Crippen LogP contribution >= 0.6 is 0 Å². The maximum Gasteiger partial charge on any atom is 0.275 e. The zero-order chi connectivity index (χ0) is 14.4. The Balaban J connectivity index is 1.83. The van der Waals surface area contributed by atoms with Crippen LogP contribution in [0.5, 0.6) is 0 Å². The molecule has 1 aromatic heterocycles. The second-order valence-electron chi connectivity index (χ2n) is 5.21. The first kappa shape index (κ1) is 12.1. The first-order chi connectivity index (χ1) is 10.2. The summed E-state index contributed by atoms with van der Waals surface area (Å²) in [6.07, 6.45) is 0.722. The van der Waals surface area contributed by atoms with Gasteiger partial charge in [0.05, 0.1) is 0 Å². The summed E-state index contributed by atoms with van der Waals surface area (Å²) >= 11 is 0. The number of para-hydroxylation sites is 1. The molecular formula is C17H13FN2O. The highest BCUT2D eigenvalue weighted by atomic mass is 19.1. The summed E-state index contributed by atoms with van der Waals surface area (Å²) in [5.41, 5.74) is 3.19. The highest BCUT2D eigenvalue weighted by Crippen LogP contribution is 2.30. The Labute approximate surface area is 121 Å². The SMILES string of the molecule is O=C1c2[nH]c3ccc(F)cc3c2CCN1c1ccccc1. The highest BCUT2D eigenvalue weighted by molar-refractivity contribution is 6.10. The Hall–Kier alpha value is -2.62. The predicted molar refractivity (Wildman–Crippen MR) is 80.1 cm³/mol. The van der Waals surface area contributed by atoms with E-state index in [1.807, 2.05) is 30.3 Å². The number of hydrogen-bond donors (Lipinski definition) is 1. The fourth-order valence-electron chi connectivity index (χ4n) is 2.98. The van der Waals surface area contributed by atoms with Gasteiger partial charge in [0.25, 0.3) is 5.91 Å². The van der Waals surface area contributed by atoms with Gasteiger partial charge < -0.3 is 9.88 Å². The molecule has 4 rings (SSSR count). The lowest BCUT2D eigenvalue weighted by Gasteiger charge is -2.26. The molecule has 3 nitrogen and oxygen atoms in total. The van der Waals surface area contributed by atoms with E-state index in [4.69, 9.17) is 0 Å². The minimum atomic E-state index is -0.276. The largest absolute Gasteiger partial charge is 0.350 e. The molecule has 0 spiro atoms. The van der Waals surface area contributed by atoms with Gasteiger partial charge in [0, 0.05) is 23.1 Å². The molecule has 1 aliphatic rings. The van der Waals surface area contributed by atoms with Crippen LogP contribution in [-0.2, 0) is 6.42 Å². The van der Waals surface area contributed by atoms with Crippen molar-refractivity contribution < 1.29 is 9.18 Å². The van der Waals surface area contributed by atoms with E-state index >= 15 is 0 Å². The van der Waals surface area contributed by atoms with Crippen LogP contribution in [0.4, 0.5) is 10.1 Å². The number of H-pyrrole nitrogens is 1. The number of halogens is 1. The number of fused-ring (bicyclic) bond motifs is 3. The number of anilines is 1. The summed E-state index contributed by atoms with van der Waals surface area (Å²) < 4.78 is 13.4. The van der Waals surface area contributed by atoms with Crippen molar-refractivity contribution in [2.45, 2.75) is 6.42 Å². The molecule has 0 saturated heterocycles. The van der Waals surface area contributed by atoms with E-state index in [9.17, 15) is 9.18 Å². The molecule has 3 aromatic rings. The van der Waals surface area contributed by atoms with Gasteiger partial charge in [-0.15, -0.1) is 0 Å². The van der Waals surface area contributed by atoms with Crippen molar-refractivity contribution in [2.24, 2.45) is 0 Å². The number of rotatable bonds is 1. The summed E-state index contributed by atoms with van der Waals surface area (Å²) in [5.74, 6) is -0.332. The fraction of sp³-hybridized carbons (Fsp3) is 0.118. The van der Waals surface area contributed by atoms with Crippen molar-refractivity contribution in [3.05, 3.63) is 65.6 Å². The molecule has 0 unspecified atom stereocenters. The molecule has 0 radical (unpaired) electrons. The van der Waals surface area contributed by atoms with E-state index in [1.54, 1.807) is 11.0 Å². The Morgan fingerprint density at radius 1 is 1.10 bits per heavy atom. The van der Waals surface area contributed by atoms with Crippen LogP contribution in [0, 0.1) is 5.82 Å². The molecule has 2 heterocycles. The van der Waals surface area contributed by atoms with Gasteiger partial charge in [0.2, 0.25) is 0 Å². The number of aromatic nitrogens is 1. The molecule has 0 atom stereocenters. The van der Waals surface area contributed by atoms with E-state index in [-0.39, 0.29) is 11.7 Å². The maximum absolute atomic E-state index is 13.4. The molecule has 104 valence electrons. The number of benzene rings is 2. The van der Waals surface area contributed by atoms with E-state index in [2.05, 4.69) is 4.98 Å². The lowest BCUT2D eigenvalue weighted by Crippen LogP contribution is -2.37. The summed E-state index contributed by atoms with van der Waals surface area (Å²) in [6.45, 7) is 0.610. The van der Waals surface area contributed by atoms with Crippen LogP contribution in [-0.4, -0.2) is 17.4 Å². The van der Waals surface area contributed by atoms with Crippen LogP contribution < -0.4 is 4.90 Å². The molecule has 21 heavy (non-hydrogen) atoms. The van der Waals surface area contributed by atoms with Crippen molar-refractivity contribution in [3.8, 4) is 0 Å². The molecule has 0 saturated carbocycles. The number of hydrogen-bond acceptors (Lipinski definition) is 1. The van der Waals surface area contributed by atoms with Gasteiger partial charge in [0.1, 0.15) is 11.5 Å². The Morgan fingerprint density at radius 2 is 1.90 bits per heavy atom. The molecule has 0 fully saturated rings. The molecular weight excluding hydrogens is 267 g/mol. The average Bonchev–Trinajstić information content (AvgIpc) is 2.87. The minimum absolute atomic E-state index is 0.0564. The lowest BCUT2D eigenvalue weighted by molar-refractivity contribution is 0.0976. The summed E-state index contributed by atoms with van der Waals surface area (Å²) in [5, 5.41) is 0.811. The average molecular weight is 280 g/mol. The number of nitrogens with zero attached hydrogens (tertiary/aromatic N) is 1. The van der Waals surface area contributed by atoms with E-state index < -0.39 is 0 Å². The predicted octanol–water partition coefficient (Wildman–Crippen LogP) is 3.51. The van der Waals surface area contributed by atoms with Crippen LogP contribution in [0.25, 0.3) is 10.9 Å². The summed E-state index contributed by atoms with van der Waals surface area (Å²) in [7, 11) is 0. The normalized spacial score (nSPS) is 14.5. The second kappa shape index (κ2) is 4.45. The first-order valence-electron chi connectivity index (χ1n) is 6.91. The minimum Gasteiger partial charge on any atom is -0.350 e. The number of nitrogens with one attached hydrogen (secondary N) is 1. The molecule has 2 aromatic carbocycles. The van der Waals surface area contributed by atoms with Gasteiger partial charge in [-0.2, -0.15) is 0 Å². The van der Waals surface area contributed by atoms with Crippen molar-refractivity contribution in [1.29, 1.82) is 0 Å². The molecule has 1 aliphatic heterocycles. The Kier molecular flexibility index (Phi) is 2.57. The number of amides is 1. The molecule has 4 heteroatoms. The van der Waals surface area contributed by atoms with Gasteiger partial charge in [-0.05, 0) is 42.3 Å². The third-order valence-electron chi connectivity index (χ3n) is 3.98. The molecule has 0 aliphatic carbocycles. The first-order valence-corrected chi connectivity index (χ1v) is 6.91. The highest BCUT2D eigenvalue weighted by Gasteiger charge is 2.28. The van der Waals surface area contributed by atoms with Gasteiger partial charge in [-0.3, -0.25) is 4.79 Å². The van der Waals surface area contributed by atoms with Gasteiger partial charge in [-0.1, -0.05) is 18.2 Å². The van der Waals surface area contributed by atoms with Crippen LogP contribution in [0.15, 0.2) is 48.5 Å². The summed E-state index contributed by atoms with van der Waals surface area (Å²) in [6, 6.07) is 14.2. The Morgan fingerprint density at radius 3 is 2.71 bits per heavy atom. The fourth-order valence-corrected chi connectivity index (χ4v) is 2.98. The molecule has 1 amide bonds. The number of carbonyl (C=O) groups excluding carboxylic acids is 1. The van der Waals surface area contributed by atoms with Crippen molar-refractivity contribution in [1.82, 2.24) is 4.98 Å². The monoisotopic (exact) mass is 280 g/mol. The zero-order valence-corrected chi connectivity index (χ0v) is 11.3. The quantitative estimate of drug-likeness (QED) is 0.727. The van der Waals surface area contributed by atoms with E-state index in [0.717, 1.165) is 28.6 Å². The Bertz CT molecular complexity index is 839. The molecule has 1 N–H and O–H groups in total. The number of aromatic amines is 1. The lowest BCUT2D eigenvalue weighted by atomic mass is 10.0. The summed E-state index contributed by atoms with van der Waals surface area (Å²) in [4.78, 5) is 17.6. The zero-order valence-electron chi connectivity index (χ0n) is 11.3. The second-order valence-corrected chi connectivity index (χ2v) is 5.21. The van der Waals surface area contributed by atoms with E-state index in [1.165, 1.54) is 12.1 Å². The van der Waals surface area contributed by atoms with Gasteiger partial charge in [-0.25, -0.2) is 4.39 Å². The van der Waals surface area contributed by atoms with Gasteiger partial charge in [0.15, 0.2) is 0 Å². The van der Waals surface area contributed by atoms with Crippen LogP contribution in [0.2, 0.25) is 0 Å². The van der Waals surface area contributed by atoms with Crippen molar-refractivity contribution in [2.75, 3.05) is 11.4 Å². The smallest absolute Gasteiger partial charge is 0.275 e. The van der Waals surface area contributed by atoms with Crippen LogP contribution in [0.3, 0.4) is 0 Å². The van der Waals surface area contributed by atoms with Crippen LogP contribution in [0.1, 0.15) is 16.1 Å². The van der Waals surface area contributed by atoms with Crippen molar-refractivity contribution >= 4 is 22.5 Å². The van der Waals surface area contributed by atoms with E-state index in [0.29, 0.717) is 12.2 Å². The topological polar surface area (TPSA) is 36.1 Å². The third kappa shape index (κ3) is 1.83. The molecule has 0 bridgehead atoms.